The molecule has 0 bridgehead atoms. The monoisotopic (exact) mass is 226 g/mol. The maximum Gasteiger partial charge on any atom is 0.127 e. The van der Waals surface area contributed by atoms with Crippen molar-refractivity contribution in [2.24, 2.45) is 0 Å². The molecule has 0 spiro atoms. The Hall–Kier alpha value is -0.900. The lowest BCUT2D eigenvalue weighted by atomic mass is 10.2. The molecule has 2 rings (SSSR count). The molecule has 2 N–H and O–H groups in total. The molecule has 0 saturated carbocycles. The first-order chi connectivity index (χ1) is 7.16. The van der Waals surface area contributed by atoms with Gasteiger partial charge in [-0.25, -0.2) is 4.39 Å². The number of halogens is 1. The quantitative estimate of drug-likeness (QED) is 0.745. The van der Waals surface area contributed by atoms with Gasteiger partial charge in [0.15, 0.2) is 0 Å². The number of hydrogen-bond donors (Lipinski definition) is 1. The van der Waals surface area contributed by atoms with E-state index in [0.29, 0.717) is 11.7 Å². The topological polar surface area (TPSA) is 29.3 Å². The fraction of sp³-hybridized carbons (Fsp3) is 0.455. The Labute approximate surface area is 93.6 Å². The molecule has 15 heavy (non-hydrogen) atoms. The molecule has 4 heteroatoms. The summed E-state index contributed by atoms with van der Waals surface area (Å²) in [5, 5.41) is 0. The summed E-state index contributed by atoms with van der Waals surface area (Å²) in [7, 11) is 0. The van der Waals surface area contributed by atoms with Crippen LogP contribution in [0.2, 0.25) is 0 Å². The number of nitrogens with zero attached hydrogens (tertiary/aromatic N) is 1. The molecule has 2 nitrogen and oxygen atoms in total. The summed E-state index contributed by atoms with van der Waals surface area (Å²) in [5.74, 6) is 1.94. The highest BCUT2D eigenvalue weighted by atomic mass is 32.2. The van der Waals surface area contributed by atoms with Gasteiger partial charge in [0, 0.05) is 35.5 Å². The van der Waals surface area contributed by atoms with Gasteiger partial charge in [-0.1, -0.05) is 0 Å². The van der Waals surface area contributed by atoms with Crippen molar-refractivity contribution in [1.82, 2.24) is 0 Å². The van der Waals surface area contributed by atoms with Crippen LogP contribution in [0.25, 0.3) is 0 Å². The van der Waals surface area contributed by atoms with Crippen LogP contribution in [0.4, 0.5) is 15.8 Å². The van der Waals surface area contributed by atoms with E-state index in [2.05, 4.69) is 11.8 Å². The molecular weight excluding hydrogens is 211 g/mol. The van der Waals surface area contributed by atoms with E-state index >= 15 is 0 Å². The third kappa shape index (κ3) is 2.37. The average molecular weight is 226 g/mol. The summed E-state index contributed by atoms with van der Waals surface area (Å²) in [5.41, 5.74) is 7.04. The van der Waals surface area contributed by atoms with Crippen LogP contribution < -0.4 is 10.6 Å². The highest BCUT2D eigenvalue weighted by Gasteiger charge is 2.19. The second-order valence-electron chi connectivity index (χ2n) is 3.86. The fourth-order valence-corrected chi connectivity index (χ4v) is 2.89. The first-order valence-corrected chi connectivity index (χ1v) is 6.23. The van der Waals surface area contributed by atoms with Gasteiger partial charge in [-0.2, -0.15) is 11.8 Å². The van der Waals surface area contributed by atoms with Gasteiger partial charge >= 0.3 is 0 Å². The molecule has 1 aliphatic rings. The van der Waals surface area contributed by atoms with E-state index in [9.17, 15) is 4.39 Å². The SMILES string of the molecule is CC1CSCCN1c1cc(N)cc(F)c1. The van der Waals surface area contributed by atoms with E-state index in [0.717, 1.165) is 23.7 Å². The number of benzene rings is 1. The Morgan fingerprint density at radius 1 is 1.47 bits per heavy atom. The number of anilines is 2. The highest BCUT2D eigenvalue weighted by molar-refractivity contribution is 7.99. The highest BCUT2D eigenvalue weighted by Crippen LogP contribution is 2.26. The first-order valence-electron chi connectivity index (χ1n) is 5.07. The molecular formula is C11H15FN2S. The van der Waals surface area contributed by atoms with Crippen LogP contribution in [-0.2, 0) is 0 Å². The van der Waals surface area contributed by atoms with Crippen molar-refractivity contribution < 1.29 is 4.39 Å². The van der Waals surface area contributed by atoms with Crippen LogP contribution >= 0.6 is 11.8 Å². The molecule has 1 atom stereocenters. The Morgan fingerprint density at radius 3 is 2.93 bits per heavy atom. The third-order valence-corrected chi connectivity index (χ3v) is 3.79. The summed E-state index contributed by atoms with van der Waals surface area (Å²) in [6, 6.07) is 5.20. The Kier molecular flexibility index (Phi) is 3.05. The van der Waals surface area contributed by atoms with Crippen molar-refractivity contribution in [1.29, 1.82) is 0 Å². The van der Waals surface area contributed by atoms with Crippen molar-refractivity contribution in [3.8, 4) is 0 Å². The zero-order valence-corrected chi connectivity index (χ0v) is 9.56. The minimum Gasteiger partial charge on any atom is -0.399 e. The van der Waals surface area contributed by atoms with Crippen LogP contribution in [-0.4, -0.2) is 24.1 Å². The zero-order chi connectivity index (χ0) is 10.8. The molecule has 82 valence electrons. The number of nitrogens with two attached hydrogens (primary N) is 1. The molecule has 0 aliphatic carbocycles. The summed E-state index contributed by atoms with van der Waals surface area (Å²) in [4.78, 5) is 2.22. The van der Waals surface area contributed by atoms with Gasteiger partial charge in [-0.3, -0.25) is 0 Å². The van der Waals surface area contributed by atoms with Gasteiger partial charge in [0.05, 0.1) is 0 Å². The van der Waals surface area contributed by atoms with Gasteiger partial charge < -0.3 is 10.6 Å². The normalized spacial score (nSPS) is 21.7. The van der Waals surface area contributed by atoms with E-state index in [1.54, 1.807) is 6.07 Å². The number of nitrogen functional groups attached to an aromatic ring is 1. The summed E-state index contributed by atoms with van der Waals surface area (Å²) in [6.45, 7) is 3.13. The van der Waals surface area contributed by atoms with Gasteiger partial charge in [0.2, 0.25) is 0 Å². The molecule has 1 fully saturated rings. The molecule has 1 unspecified atom stereocenters. The van der Waals surface area contributed by atoms with E-state index in [4.69, 9.17) is 5.73 Å². The van der Waals surface area contributed by atoms with E-state index in [-0.39, 0.29) is 5.82 Å². The van der Waals surface area contributed by atoms with E-state index in [1.807, 2.05) is 17.8 Å². The average Bonchev–Trinajstić information content (AvgIpc) is 2.16. The molecule has 0 radical (unpaired) electrons. The van der Waals surface area contributed by atoms with Gasteiger partial charge in [0.25, 0.3) is 0 Å². The number of hydrogen-bond acceptors (Lipinski definition) is 3. The largest absolute Gasteiger partial charge is 0.399 e. The molecule has 0 aromatic heterocycles. The van der Waals surface area contributed by atoms with Gasteiger partial charge in [-0.15, -0.1) is 0 Å². The summed E-state index contributed by atoms with van der Waals surface area (Å²) in [6.07, 6.45) is 0. The Bertz CT molecular complexity index is 336. The smallest absolute Gasteiger partial charge is 0.127 e. The third-order valence-electron chi connectivity index (χ3n) is 2.60. The van der Waals surface area contributed by atoms with E-state index < -0.39 is 0 Å². The lowest BCUT2D eigenvalue weighted by molar-refractivity contribution is 0.624. The van der Waals surface area contributed by atoms with Crippen LogP contribution in [0, 0.1) is 5.82 Å². The molecule has 0 amide bonds. The van der Waals surface area contributed by atoms with Crippen molar-refractivity contribution in [3.05, 3.63) is 24.0 Å². The Balaban J connectivity index is 2.27. The van der Waals surface area contributed by atoms with Crippen LogP contribution in [0.1, 0.15) is 6.92 Å². The predicted octanol–water partition coefficient (Wildman–Crippen LogP) is 2.35. The molecule has 1 saturated heterocycles. The second kappa shape index (κ2) is 4.31. The molecule has 1 aromatic rings. The van der Waals surface area contributed by atoms with Crippen molar-refractivity contribution in [2.75, 3.05) is 28.7 Å². The van der Waals surface area contributed by atoms with Gasteiger partial charge in [0.1, 0.15) is 5.82 Å². The predicted molar refractivity (Wildman–Crippen MR) is 64.9 cm³/mol. The minimum absolute atomic E-state index is 0.254. The minimum atomic E-state index is -0.254. The lowest BCUT2D eigenvalue weighted by Crippen LogP contribution is -2.40. The van der Waals surface area contributed by atoms with Crippen molar-refractivity contribution in [2.45, 2.75) is 13.0 Å². The van der Waals surface area contributed by atoms with Crippen molar-refractivity contribution >= 4 is 23.1 Å². The second-order valence-corrected chi connectivity index (χ2v) is 5.01. The zero-order valence-electron chi connectivity index (χ0n) is 8.74. The molecule has 1 aliphatic heterocycles. The van der Waals surface area contributed by atoms with Gasteiger partial charge in [-0.05, 0) is 25.1 Å². The lowest BCUT2D eigenvalue weighted by Gasteiger charge is -2.35. The number of rotatable bonds is 1. The van der Waals surface area contributed by atoms with Crippen LogP contribution in [0.15, 0.2) is 18.2 Å². The van der Waals surface area contributed by atoms with Crippen LogP contribution in [0.5, 0.6) is 0 Å². The maximum atomic E-state index is 13.2. The first kappa shape index (κ1) is 10.6. The molecule has 1 aromatic carbocycles. The van der Waals surface area contributed by atoms with E-state index in [1.165, 1.54) is 6.07 Å². The summed E-state index contributed by atoms with van der Waals surface area (Å²) < 4.78 is 13.2. The fourth-order valence-electron chi connectivity index (χ4n) is 1.87. The molecule has 1 heterocycles. The maximum absolute atomic E-state index is 13.2. The standard InChI is InChI=1S/C11H15FN2S/c1-8-7-15-3-2-14(8)11-5-9(12)4-10(13)6-11/h4-6,8H,2-3,7,13H2,1H3. The summed E-state index contributed by atoms with van der Waals surface area (Å²) >= 11 is 1.94. The van der Waals surface area contributed by atoms with Crippen molar-refractivity contribution in [3.63, 3.8) is 0 Å². The number of thioether (sulfide) groups is 1. The van der Waals surface area contributed by atoms with Crippen LogP contribution in [0.3, 0.4) is 0 Å². The Morgan fingerprint density at radius 2 is 2.27 bits per heavy atom.